The summed E-state index contributed by atoms with van der Waals surface area (Å²) in [5, 5.41) is 13.8. The average Bonchev–Trinajstić information content (AvgIpc) is 2.90. The number of aromatic nitrogens is 2. The lowest BCUT2D eigenvalue weighted by atomic mass is 10.1. The second-order valence-electron chi connectivity index (χ2n) is 4.17. The molecule has 0 aliphatic heterocycles. The van der Waals surface area contributed by atoms with E-state index in [0.717, 1.165) is 0 Å². The van der Waals surface area contributed by atoms with Gasteiger partial charge in [0.25, 0.3) is 0 Å². The third kappa shape index (κ3) is 4.69. The molecule has 1 rings (SSSR count). The summed E-state index contributed by atoms with van der Waals surface area (Å²) in [4.78, 5) is 40.5. The van der Waals surface area contributed by atoms with Gasteiger partial charge < -0.3 is 26.5 Å². The molecule has 1 aromatic heterocycles. The van der Waals surface area contributed by atoms with Crippen molar-refractivity contribution in [3.05, 3.63) is 18.2 Å². The number of H-pyrrole nitrogens is 1. The van der Waals surface area contributed by atoms with E-state index < -0.39 is 29.9 Å². The third-order valence-electron chi connectivity index (χ3n) is 2.55. The summed E-state index contributed by atoms with van der Waals surface area (Å²) in [6, 6.07) is -1.98. The first-order valence-corrected chi connectivity index (χ1v) is 5.94. The molecule has 2 amide bonds. The van der Waals surface area contributed by atoms with Crippen molar-refractivity contribution in [2.75, 3.05) is 6.54 Å². The van der Waals surface area contributed by atoms with Gasteiger partial charge in [0.1, 0.15) is 12.1 Å². The van der Waals surface area contributed by atoms with Crippen molar-refractivity contribution in [1.29, 1.82) is 0 Å². The largest absolute Gasteiger partial charge is 0.480 e. The molecule has 2 unspecified atom stereocenters. The van der Waals surface area contributed by atoms with E-state index in [1.54, 1.807) is 0 Å². The monoisotopic (exact) mass is 283 g/mol. The number of carbonyl (C=O) groups excluding carboxylic acids is 2. The Balaban J connectivity index is 2.59. The highest BCUT2D eigenvalue weighted by Crippen LogP contribution is 1.99. The van der Waals surface area contributed by atoms with Crippen LogP contribution in [-0.2, 0) is 20.8 Å². The lowest BCUT2D eigenvalue weighted by Gasteiger charge is -2.18. The van der Waals surface area contributed by atoms with Gasteiger partial charge in [0, 0.05) is 18.3 Å². The van der Waals surface area contributed by atoms with Gasteiger partial charge in [-0.05, 0) is 6.92 Å². The second kappa shape index (κ2) is 7.24. The van der Waals surface area contributed by atoms with Gasteiger partial charge in [-0.15, -0.1) is 0 Å². The van der Waals surface area contributed by atoms with Gasteiger partial charge in [-0.25, -0.2) is 9.78 Å². The van der Waals surface area contributed by atoms with Gasteiger partial charge in [-0.1, -0.05) is 0 Å². The summed E-state index contributed by atoms with van der Waals surface area (Å²) in [6.45, 7) is 1.20. The Kier molecular flexibility index (Phi) is 5.66. The van der Waals surface area contributed by atoms with Crippen LogP contribution in [0.2, 0.25) is 0 Å². The fourth-order valence-corrected chi connectivity index (χ4v) is 1.48. The Bertz CT molecular complexity index is 473. The molecule has 1 heterocycles. The maximum Gasteiger partial charge on any atom is 0.326 e. The minimum Gasteiger partial charge on any atom is -0.480 e. The lowest BCUT2D eigenvalue weighted by molar-refractivity contribution is -0.142. The topological polar surface area (TPSA) is 150 Å². The van der Waals surface area contributed by atoms with Gasteiger partial charge in [-0.2, -0.15) is 0 Å². The number of nitrogens with one attached hydrogen (secondary N) is 3. The van der Waals surface area contributed by atoms with Crippen LogP contribution in [0, 0.1) is 0 Å². The van der Waals surface area contributed by atoms with Crippen LogP contribution in [0.3, 0.4) is 0 Å². The van der Waals surface area contributed by atoms with E-state index >= 15 is 0 Å². The average molecular weight is 283 g/mol. The zero-order chi connectivity index (χ0) is 15.1. The van der Waals surface area contributed by atoms with Crippen LogP contribution < -0.4 is 16.4 Å². The maximum absolute atomic E-state index is 11.8. The van der Waals surface area contributed by atoms with E-state index in [1.165, 1.54) is 19.4 Å². The number of nitrogens with zero attached hydrogens (tertiary/aromatic N) is 1. The molecule has 0 aliphatic carbocycles. The molecule has 0 aromatic carbocycles. The van der Waals surface area contributed by atoms with E-state index in [2.05, 4.69) is 20.6 Å². The number of rotatable bonds is 7. The van der Waals surface area contributed by atoms with Crippen molar-refractivity contribution >= 4 is 17.8 Å². The molecule has 9 nitrogen and oxygen atoms in total. The lowest BCUT2D eigenvalue weighted by Crippen LogP contribution is -2.51. The van der Waals surface area contributed by atoms with E-state index in [1.807, 2.05) is 0 Å². The molecule has 0 fully saturated rings. The Labute approximate surface area is 114 Å². The molecular formula is C11H17N5O4. The van der Waals surface area contributed by atoms with Crippen molar-refractivity contribution in [2.45, 2.75) is 25.4 Å². The first-order valence-electron chi connectivity index (χ1n) is 5.94. The number of hydrogen-bond acceptors (Lipinski definition) is 5. The molecule has 2 atom stereocenters. The van der Waals surface area contributed by atoms with Crippen LogP contribution in [0.15, 0.2) is 12.5 Å². The normalized spacial score (nSPS) is 13.3. The molecule has 0 bridgehead atoms. The van der Waals surface area contributed by atoms with E-state index in [4.69, 9.17) is 10.8 Å². The zero-order valence-electron chi connectivity index (χ0n) is 10.9. The standard InChI is InChI=1S/C11H17N5O4/c1-6(15-9(17)3-12)10(18)16-8(11(19)20)2-7-4-13-5-14-7/h4-6,8H,2-3,12H2,1H3,(H,13,14)(H,15,17)(H,16,18)(H,19,20). The minimum atomic E-state index is -1.18. The highest BCUT2D eigenvalue weighted by atomic mass is 16.4. The highest BCUT2D eigenvalue weighted by Gasteiger charge is 2.24. The van der Waals surface area contributed by atoms with Crippen molar-refractivity contribution in [1.82, 2.24) is 20.6 Å². The van der Waals surface area contributed by atoms with Crippen LogP contribution in [-0.4, -0.2) is 51.5 Å². The molecule has 1 aromatic rings. The molecule has 0 radical (unpaired) electrons. The van der Waals surface area contributed by atoms with Crippen LogP contribution >= 0.6 is 0 Å². The summed E-state index contributed by atoms with van der Waals surface area (Å²) in [7, 11) is 0. The minimum absolute atomic E-state index is 0.0681. The molecule has 9 heteroatoms. The first kappa shape index (κ1) is 15.6. The number of aliphatic carboxylic acids is 1. The van der Waals surface area contributed by atoms with Gasteiger partial charge in [-0.3, -0.25) is 9.59 Å². The number of amides is 2. The molecule has 0 aliphatic rings. The van der Waals surface area contributed by atoms with Crippen molar-refractivity contribution < 1.29 is 19.5 Å². The summed E-state index contributed by atoms with van der Waals surface area (Å²) < 4.78 is 0. The number of carboxylic acid groups (broad SMARTS) is 1. The van der Waals surface area contributed by atoms with Crippen molar-refractivity contribution in [3.63, 3.8) is 0 Å². The molecular weight excluding hydrogens is 266 g/mol. The van der Waals surface area contributed by atoms with Crippen LogP contribution in [0.4, 0.5) is 0 Å². The number of imidazole rings is 1. The fourth-order valence-electron chi connectivity index (χ4n) is 1.48. The van der Waals surface area contributed by atoms with Crippen molar-refractivity contribution in [3.8, 4) is 0 Å². The molecule has 20 heavy (non-hydrogen) atoms. The van der Waals surface area contributed by atoms with Crippen LogP contribution in [0.5, 0.6) is 0 Å². The number of hydrogen-bond donors (Lipinski definition) is 5. The summed E-state index contributed by atoms with van der Waals surface area (Å²) in [6.07, 6.45) is 2.96. The molecule has 0 spiro atoms. The molecule has 0 saturated carbocycles. The summed E-state index contributed by atoms with van der Waals surface area (Å²) in [5.74, 6) is -2.27. The third-order valence-corrected chi connectivity index (χ3v) is 2.55. The molecule has 0 saturated heterocycles. The quantitative estimate of drug-likeness (QED) is 0.390. The zero-order valence-corrected chi connectivity index (χ0v) is 10.9. The van der Waals surface area contributed by atoms with E-state index in [9.17, 15) is 14.4 Å². The number of carboxylic acids is 1. The molecule has 6 N–H and O–H groups in total. The smallest absolute Gasteiger partial charge is 0.326 e. The van der Waals surface area contributed by atoms with Crippen molar-refractivity contribution in [2.24, 2.45) is 5.73 Å². The molecule has 110 valence electrons. The Hall–Kier alpha value is -2.42. The first-order chi connectivity index (χ1) is 9.43. The van der Waals surface area contributed by atoms with Crippen LogP contribution in [0.1, 0.15) is 12.6 Å². The number of nitrogens with two attached hydrogens (primary N) is 1. The Morgan fingerprint density at radius 2 is 2.15 bits per heavy atom. The maximum atomic E-state index is 11.8. The van der Waals surface area contributed by atoms with E-state index in [-0.39, 0.29) is 13.0 Å². The highest BCUT2D eigenvalue weighted by molar-refractivity contribution is 5.90. The van der Waals surface area contributed by atoms with Gasteiger partial charge in [0.05, 0.1) is 12.9 Å². The fraction of sp³-hybridized carbons (Fsp3) is 0.455. The predicted molar refractivity (Wildman–Crippen MR) is 68.5 cm³/mol. The second-order valence-corrected chi connectivity index (χ2v) is 4.17. The predicted octanol–water partition coefficient (Wildman–Crippen LogP) is -2.01. The number of aromatic amines is 1. The Morgan fingerprint density at radius 3 is 2.65 bits per heavy atom. The van der Waals surface area contributed by atoms with Gasteiger partial charge in [0.15, 0.2) is 0 Å². The Morgan fingerprint density at radius 1 is 1.45 bits per heavy atom. The van der Waals surface area contributed by atoms with Gasteiger partial charge >= 0.3 is 5.97 Å². The summed E-state index contributed by atoms with van der Waals surface area (Å²) in [5.41, 5.74) is 5.69. The van der Waals surface area contributed by atoms with E-state index in [0.29, 0.717) is 5.69 Å². The van der Waals surface area contributed by atoms with Crippen LogP contribution in [0.25, 0.3) is 0 Å². The SMILES string of the molecule is CC(NC(=O)CN)C(=O)NC(Cc1cnc[nH]1)C(=O)O. The van der Waals surface area contributed by atoms with Gasteiger partial charge in [0.2, 0.25) is 11.8 Å². The number of carbonyl (C=O) groups is 3. The summed E-state index contributed by atoms with van der Waals surface area (Å²) >= 11 is 0.